The molecular formula is C32H31N5O5S2. The van der Waals surface area contributed by atoms with Crippen LogP contribution in [0.25, 0.3) is 0 Å². The third kappa shape index (κ3) is 6.17. The number of thioether (sulfide) groups is 1. The van der Waals surface area contributed by atoms with Gasteiger partial charge in [0, 0.05) is 5.38 Å². The van der Waals surface area contributed by atoms with Crippen LogP contribution in [0, 0.1) is 0 Å². The van der Waals surface area contributed by atoms with E-state index >= 15 is 0 Å². The molecule has 4 N–H and O–H groups in total. The Kier molecular flexibility index (Phi) is 9.02. The molecule has 44 heavy (non-hydrogen) atoms. The van der Waals surface area contributed by atoms with Crippen LogP contribution in [0.5, 0.6) is 0 Å². The highest BCUT2D eigenvalue weighted by Crippen LogP contribution is 2.40. The number of aliphatic carboxylic acids is 1. The Bertz CT molecular complexity index is 1570. The van der Waals surface area contributed by atoms with E-state index in [1.165, 1.54) is 36.9 Å². The summed E-state index contributed by atoms with van der Waals surface area (Å²) in [6.07, 6.45) is 1.81. The van der Waals surface area contributed by atoms with E-state index < -0.39 is 29.1 Å². The Morgan fingerprint density at radius 3 is 1.93 bits per heavy atom. The number of nitrogens with zero attached hydrogens (tertiary/aromatic N) is 2. The highest BCUT2D eigenvalue weighted by Gasteiger charge is 2.42. The summed E-state index contributed by atoms with van der Waals surface area (Å²) < 4.78 is 0. The lowest BCUT2D eigenvalue weighted by molar-refractivity contribution is -0.161. The zero-order chi connectivity index (χ0) is 31.3. The van der Waals surface area contributed by atoms with Gasteiger partial charge in [-0.15, -0.1) is 23.1 Å². The predicted molar refractivity (Wildman–Crippen MR) is 172 cm³/mol. The number of thiazole rings is 1. The van der Waals surface area contributed by atoms with Gasteiger partial charge in [0.1, 0.15) is 22.6 Å². The molecule has 1 fully saturated rings. The summed E-state index contributed by atoms with van der Waals surface area (Å²) in [6, 6.07) is 29.1. The number of amides is 2. The molecule has 2 heterocycles. The number of carbonyl (C=O) groups is 3. The van der Waals surface area contributed by atoms with Gasteiger partial charge in [-0.1, -0.05) is 96.2 Å². The van der Waals surface area contributed by atoms with E-state index in [2.05, 4.69) is 21.1 Å². The molecule has 1 aliphatic rings. The topological polar surface area (TPSA) is 142 Å². The molecule has 0 saturated carbocycles. The number of rotatable bonds is 12. The minimum absolute atomic E-state index is 0.153. The van der Waals surface area contributed by atoms with Crippen LogP contribution in [0.1, 0.15) is 36.2 Å². The van der Waals surface area contributed by atoms with Crippen molar-refractivity contribution >= 4 is 51.7 Å². The molecule has 0 radical (unpaired) electrons. The van der Waals surface area contributed by atoms with Crippen LogP contribution in [0.15, 0.2) is 102 Å². The fourth-order valence-corrected chi connectivity index (χ4v) is 6.13. The lowest BCUT2D eigenvalue weighted by atomic mass is 9.77. The van der Waals surface area contributed by atoms with Crippen LogP contribution in [0.2, 0.25) is 0 Å². The van der Waals surface area contributed by atoms with Crippen molar-refractivity contribution in [1.29, 1.82) is 0 Å². The normalized spacial score (nSPS) is 16.8. The number of carboxylic acids is 1. The van der Waals surface area contributed by atoms with Crippen molar-refractivity contribution in [3.05, 3.63) is 119 Å². The molecule has 0 aliphatic carbocycles. The van der Waals surface area contributed by atoms with Gasteiger partial charge in [-0.05, 0) is 36.8 Å². The largest absolute Gasteiger partial charge is 0.478 e. The summed E-state index contributed by atoms with van der Waals surface area (Å²) in [5, 5.41) is 24.3. The van der Waals surface area contributed by atoms with E-state index in [-0.39, 0.29) is 22.7 Å². The number of aromatic nitrogens is 1. The molecular weight excluding hydrogens is 599 g/mol. The molecule has 226 valence electrons. The zero-order valence-electron chi connectivity index (χ0n) is 24.2. The van der Waals surface area contributed by atoms with Crippen LogP contribution in [0.3, 0.4) is 0 Å². The average Bonchev–Trinajstić information content (AvgIpc) is 3.50. The second kappa shape index (κ2) is 12.9. The summed E-state index contributed by atoms with van der Waals surface area (Å²) >= 11 is 2.63. The van der Waals surface area contributed by atoms with Gasteiger partial charge in [0.05, 0.1) is 0 Å². The first kappa shape index (κ1) is 30.8. The van der Waals surface area contributed by atoms with Gasteiger partial charge in [-0.2, -0.15) is 0 Å². The first-order chi connectivity index (χ1) is 21.2. The van der Waals surface area contributed by atoms with Crippen molar-refractivity contribution in [2.24, 2.45) is 5.16 Å². The second-order valence-electron chi connectivity index (χ2n) is 10.5. The molecule has 12 heteroatoms. The maximum atomic E-state index is 13.5. The van der Waals surface area contributed by atoms with Crippen molar-refractivity contribution < 1.29 is 24.3 Å². The first-order valence-corrected chi connectivity index (χ1v) is 15.9. The highest BCUT2D eigenvalue weighted by atomic mass is 32.2. The molecule has 2 atom stereocenters. The summed E-state index contributed by atoms with van der Waals surface area (Å²) in [5.41, 5.74) is 0.203. The number of carboxylic acid groups (broad SMARTS) is 1. The first-order valence-electron chi connectivity index (χ1n) is 13.7. The SMILES string of the molecule is CS[C@H]1NC(=O)[C@H]1NC(=O)C(=NOC(C)(C)C(=O)O)c1csc(NC(c2ccccc2)(c2ccccc2)c2ccccc2)n1. The van der Waals surface area contributed by atoms with Gasteiger partial charge in [0.25, 0.3) is 5.91 Å². The van der Waals surface area contributed by atoms with E-state index in [9.17, 15) is 19.5 Å². The van der Waals surface area contributed by atoms with Gasteiger partial charge < -0.3 is 25.9 Å². The monoisotopic (exact) mass is 629 g/mol. The van der Waals surface area contributed by atoms with Gasteiger partial charge in [0.15, 0.2) is 10.8 Å². The van der Waals surface area contributed by atoms with E-state index in [4.69, 9.17) is 9.82 Å². The van der Waals surface area contributed by atoms with Gasteiger partial charge in [-0.3, -0.25) is 9.59 Å². The van der Waals surface area contributed by atoms with Gasteiger partial charge >= 0.3 is 5.97 Å². The number of β-lactam (4-membered cyclic amide) rings is 1. The number of benzene rings is 3. The number of oxime groups is 1. The minimum Gasteiger partial charge on any atom is -0.478 e. The molecule has 1 aromatic heterocycles. The van der Waals surface area contributed by atoms with Crippen LogP contribution >= 0.6 is 23.1 Å². The lowest BCUT2D eigenvalue weighted by Crippen LogP contribution is -2.68. The molecule has 4 aromatic rings. The fourth-order valence-electron chi connectivity index (χ4n) is 4.69. The Balaban J connectivity index is 1.57. The Hall–Kier alpha value is -4.68. The number of hydrogen-bond donors (Lipinski definition) is 4. The minimum atomic E-state index is -1.72. The van der Waals surface area contributed by atoms with Crippen molar-refractivity contribution in [3.8, 4) is 0 Å². The molecule has 0 spiro atoms. The molecule has 0 unspecified atom stereocenters. The average molecular weight is 630 g/mol. The molecule has 5 rings (SSSR count). The Morgan fingerprint density at radius 2 is 1.48 bits per heavy atom. The maximum Gasteiger partial charge on any atom is 0.350 e. The van der Waals surface area contributed by atoms with Crippen molar-refractivity contribution in [2.45, 2.75) is 36.4 Å². The summed E-state index contributed by atoms with van der Waals surface area (Å²) in [5.74, 6) is -2.31. The van der Waals surface area contributed by atoms with E-state index in [0.29, 0.717) is 5.13 Å². The maximum absolute atomic E-state index is 13.5. The summed E-state index contributed by atoms with van der Waals surface area (Å²) in [6.45, 7) is 2.64. The molecule has 3 aromatic carbocycles. The number of anilines is 1. The third-order valence-corrected chi connectivity index (χ3v) is 8.82. The fraction of sp³-hybridized carbons (Fsp3) is 0.219. The van der Waals surface area contributed by atoms with Crippen molar-refractivity contribution in [1.82, 2.24) is 15.6 Å². The van der Waals surface area contributed by atoms with E-state index in [1.54, 1.807) is 5.38 Å². The van der Waals surface area contributed by atoms with E-state index in [0.717, 1.165) is 16.7 Å². The number of carbonyl (C=O) groups excluding carboxylic acids is 2. The molecule has 2 amide bonds. The predicted octanol–water partition coefficient (Wildman–Crippen LogP) is 4.43. The zero-order valence-corrected chi connectivity index (χ0v) is 25.8. The quantitative estimate of drug-likeness (QED) is 0.0781. The molecule has 1 saturated heterocycles. The highest BCUT2D eigenvalue weighted by molar-refractivity contribution is 7.99. The third-order valence-electron chi connectivity index (χ3n) is 7.17. The summed E-state index contributed by atoms with van der Waals surface area (Å²) in [4.78, 5) is 47.4. The van der Waals surface area contributed by atoms with Crippen LogP contribution in [-0.4, -0.2) is 56.9 Å². The number of nitrogens with one attached hydrogen (secondary N) is 3. The summed E-state index contributed by atoms with van der Waals surface area (Å²) in [7, 11) is 0. The number of hydrogen-bond acceptors (Lipinski definition) is 9. The second-order valence-corrected chi connectivity index (χ2v) is 12.3. The Labute approximate surface area is 262 Å². The van der Waals surface area contributed by atoms with Gasteiger partial charge in [-0.25, -0.2) is 9.78 Å². The van der Waals surface area contributed by atoms with Crippen LogP contribution in [0.4, 0.5) is 5.13 Å². The van der Waals surface area contributed by atoms with Crippen LogP contribution in [-0.2, 0) is 24.8 Å². The van der Waals surface area contributed by atoms with Gasteiger partial charge in [0.2, 0.25) is 11.5 Å². The van der Waals surface area contributed by atoms with E-state index in [1.807, 2.05) is 97.3 Å². The standard InChI is InChI=1S/C32H31N5O5S2/c1-31(2,29(40)41)42-37-24(26(38)34-25-27(39)35-28(25)43-3)23-19-44-30(33-23)36-32(20-13-7-4-8-14-20,21-15-9-5-10-16-21)22-17-11-6-12-18-22/h4-19,25,28H,1-3H3,(H,33,36)(H,34,38)(H,35,39)(H,40,41)/t25-,28-/m1/s1. The lowest BCUT2D eigenvalue weighted by Gasteiger charge is -2.36. The van der Waals surface area contributed by atoms with Crippen molar-refractivity contribution in [3.63, 3.8) is 0 Å². The Morgan fingerprint density at radius 1 is 0.955 bits per heavy atom. The smallest absolute Gasteiger partial charge is 0.350 e. The van der Waals surface area contributed by atoms with Crippen molar-refractivity contribution in [2.75, 3.05) is 11.6 Å². The van der Waals surface area contributed by atoms with Crippen LogP contribution < -0.4 is 16.0 Å². The molecule has 1 aliphatic heterocycles. The molecule has 0 bridgehead atoms. The molecule has 10 nitrogen and oxygen atoms in total.